The minimum atomic E-state index is -1.53. The Morgan fingerprint density at radius 1 is 0.875 bits per heavy atom. The minimum Gasteiger partial charge on any atom is -0.274 e. The molecule has 0 spiro atoms. The first kappa shape index (κ1) is 17.0. The number of hydrogen-bond acceptors (Lipinski definition) is 2. The van der Waals surface area contributed by atoms with Gasteiger partial charge in [-0.05, 0) is 19.1 Å². The number of imide groups is 1. The van der Waals surface area contributed by atoms with Crippen LogP contribution in [0.15, 0.2) is 40.4 Å². The predicted molar refractivity (Wildman–Crippen MR) is 96.1 cm³/mol. The number of carbonyl (C=O) groups is 2. The number of rotatable bonds is 1. The summed E-state index contributed by atoms with van der Waals surface area (Å²) < 4.78 is 0. The molecule has 1 saturated carbocycles. The average molecular weight is 426 g/mol. The van der Waals surface area contributed by atoms with Crippen molar-refractivity contribution in [2.24, 2.45) is 11.8 Å². The molecule has 0 N–H and O–H groups in total. The van der Waals surface area contributed by atoms with Crippen molar-refractivity contribution >= 4 is 75.5 Å². The van der Waals surface area contributed by atoms with Crippen LogP contribution in [0.1, 0.15) is 6.92 Å². The topological polar surface area (TPSA) is 37.4 Å². The SMILES string of the molecule is CC1(Cl)[C@@]2(Cl)C(Cl)=C(Cl)[C@]1(Cl)[C@@H]1C(=O)N(c3ccccc3)C(=O)[C@@H]12. The van der Waals surface area contributed by atoms with Gasteiger partial charge >= 0.3 is 0 Å². The van der Waals surface area contributed by atoms with E-state index < -0.39 is 38.3 Å². The molecule has 3 aliphatic rings. The fourth-order valence-corrected chi connectivity index (χ4v) is 6.66. The van der Waals surface area contributed by atoms with Gasteiger partial charge in [0.05, 0.1) is 32.5 Å². The van der Waals surface area contributed by atoms with E-state index in [1.807, 2.05) is 0 Å². The quantitative estimate of drug-likeness (QED) is 0.492. The van der Waals surface area contributed by atoms with Crippen LogP contribution in [0.5, 0.6) is 0 Å². The average Bonchev–Trinajstić information content (AvgIpc) is 2.93. The van der Waals surface area contributed by atoms with Gasteiger partial charge in [0, 0.05) is 0 Å². The van der Waals surface area contributed by atoms with Crippen molar-refractivity contribution in [1.29, 1.82) is 0 Å². The van der Waals surface area contributed by atoms with Crippen molar-refractivity contribution in [3.8, 4) is 0 Å². The zero-order valence-corrected chi connectivity index (χ0v) is 16.0. The molecule has 5 atom stereocenters. The largest absolute Gasteiger partial charge is 0.274 e. The Hall–Kier alpha value is -0.450. The van der Waals surface area contributed by atoms with E-state index in [2.05, 4.69) is 0 Å². The van der Waals surface area contributed by atoms with Gasteiger partial charge in [-0.3, -0.25) is 9.59 Å². The molecule has 24 heavy (non-hydrogen) atoms. The number of benzene rings is 1. The van der Waals surface area contributed by atoms with E-state index in [1.165, 1.54) is 0 Å². The molecule has 126 valence electrons. The maximum Gasteiger partial charge on any atom is 0.240 e. The summed E-state index contributed by atoms with van der Waals surface area (Å²) in [4.78, 5) is 22.8. The molecule has 2 aliphatic carbocycles. The van der Waals surface area contributed by atoms with E-state index in [-0.39, 0.29) is 10.1 Å². The molecule has 2 fully saturated rings. The van der Waals surface area contributed by atoms with Crippen LogP contribution in [-0.2, 0) is 9.59 Å². The van der Waals surface area contributed by atoms with Crippen LogP contribution in [0.2, 0.25) is 0 Å². The maximum absolute atomic E-state index is 13.1. The van der Waals surface area contributed by atoms with Crippen LogP contribution in [0.3, 0.4) is 0 Å². The molecule has 1 saturated heterocycles. The lowest BCUT2D eigenvalue weighted by Crippen LogP contribution is -2.51. The van der Waals surface area contributed by atoms with Crippen LogP contribution >= 0.6 is 58.0 Å². The number of fused-ring (bicyclic) bond motifs is 5. The van der Waals surface area contributed by atoms with Crippen molar-refractivity contribution < 1.29 is 9.59 Å². The van der Waals surface area contributed by atoms with Crippen LogP contribution in [0, 0.1) is 11.8 Å². The number of halogens is 5. The van der Waals surface area contributed by atoms with Crippen molar-refractivity contribution in [3.63, 3.8) is 0 Å². The van der Waals surface area contributed by atoms with Crippen molar-refractivity contribution in [1.82, 2.24) is 0 Å². The van der Waals surface area contributed by atoms with Crippen molar-refractivity contribution in [2.45, 2.75) is 21.5 Å². The van der Waals surface area contributed by atoms with E-state index in [0.717, 1.165) is 4.90 Å². The molecule has 1 aromatic rings. The van der Waals surface area contributed by atoms with Gasteiger partial charge in [0.25, 0.3) is 0 Å². The number of amides is 2. The zero-order chi connectivity index (χ0) is 17.7. The second-order valence-corrected chi connectivity index (χ2v) is 9.06. The molecule has 4 rings (SSSR count). The molecule has 1 aliphatic heterocycles. The Labute approximate surface area is 163 Å². The van der Waals surface area contributed by atoms with Gasteiger partial charge in [-0.25, -0.2) is 4.90 Å². The summed E-state index contributed by atoms with van der Waals surface area (Å²) in [5.41, 5.74) is 0.449. The monoisotopic (exact) mass is 423 g/mol. The Morgan fingerprint density at radius 2 is 1.29 bits per heavy atom. The van der Waals surface area contributed by atoms with E-state index in [4.69, 9.17) is 58.0 Å². The van der Waals surface area contributed by atoms with Gasteiger partial charge < -0.3 is 0 Å². The first-order valence-electron chi connectivity index (χ1n) is 7.17. The lowest BCUT2D eigenvalue weighted by atomic mass is 9.84. The number of hydrogen-bond donors (Lipinski definition) is 0. The summed E-state index contributed by atoms with van der Waals surface area (Å²) in [5.74, 6) is -2.88. The van der Waals surface area contributed by atoms with Gasteiger partial charge in [-0.2, -0.15) is 0 Å². The minimum absolute atomic E-state index is 0.0376. The highest BCUT2D eigenvalue weighted by Crippen LogP contribution is 2.76. The fraction of sp³-hybridized carbons (Fsp3) is 0.375. The molecule has 1 heterocycles. The van der Waals surface area contributed by atoms with E-state index in [9.17, 15) is 9.59 Å². The second-order valence-electron chi connectivity index (χ2n) is 6.36. The smallest absolute Gasteiger partial charge is 0.240 e. The third-order valence-electron chi connectivity index (χ3n) is 5.38. The van der Waals surface area contributed by atoms with E-state index in [0.29, 0.717) is 5.69 Å². The molecule has 2 amide bonds. The first-order valence-corrected chi connectivity index (χ1v) is 9.06. The molecular formula is C16H10Cl5NO2. The van der Waals surface area contributed by atoms with Crippen LogP contribution in [0.25, 0.3) is 0 Å². The lowest BCUT2D eigenvalue weighted by Gasteiger charge is -2.36. The highest BCUT2D eigenvalue weighted by Gasteiger charge is 2.86. The number of anilines is 1. The second kappa shape index (κ2) is 4.83. The van der Waals surface area contributed by atoms with Gasteiger partial charge in [0.1, 0.15) is 9.75 Å². The highest BCUT2D eigenvalue weighted by atomic mass is 35.5. The number of para-hydroxylation sites is 1. The first-order chi connectivity index (χ1) is 11.1. The molecule has 3 nitrogen and oxygen atoms in total. The Bertz CT molecular complexity index is 777. The summed E-state index contributed by atoms with van der Waals surface area (Å²) in [6.07, 6.45) is 0. The third-order valence-corrected chi connectivity index (χ3v) is 9.03. The Balaban J connectivity index is 1.93. The van der Waals surface area contributed by atoms with Gasteiger partial charge in [0.2, 0.25) is 11.8 Å². The molecule has 1 unspecified atom stereocenters. The zero-order valence-electron chi connectivity index (χ0n) is 12.2. The lowest BCUT2D eigenvalue weighted by molar-refractivity contribution is -0.123. The summed E-state index contributed by atoms with van der Waals surface area (Å²) >= 11 is 32.8. The molecule has 1 aromatic carbocycles. The van der Waals surface area contributed by atoms with Crippen molar-refractivity contribution in [3.05, 3.63) is 40.4 Å². The molecule has 0 radical (unpaired) electrons. The molecule has 8 heteroatoms. The van der Waals surface area contributed by atoms with Gasteiger partial charge in [-0.15, -0.1) is 34.8 Å². The van der Waals surface area contributed by atoms with Gasteiger partial charge in [0.15, 0.2) is 0 Å². The molecule has 0 aromatic heterocycles. The fourth-order valence-electron chi connectivity index (χ4n) is 4.16. The summed E-state index contributed by atoms with van der Waals surface area (Å²) in [6.45, 7) is 1.57. The van der Waals surface area contributed by atoms with E-state index in [1.54, 1.807) is 37.3 Å². The van der Waals surface area contributed by atoms with E-state index >= 15 is 0 Å². The number of nitrogens with zero attached hydrogens (tertiary/aromatic N) is 1. The Kier molecular flexibility index (Phi) is 3.42. The number of carbonyl (C=O) groups excluding carboxylic acids is 2. The van der Waals surface area contributed by atoms with Crippen LogP contribution in [-0.4, -0.2) is 26.4 Å². The summed E-state index contributed by atoms with van der Waals surface area (Å²) in [6, 6.07) is 8.58. The summed E-state index contributed by atoms with van der Waals surface area (Å²) in [7, 11) is 0. The van der Waals surface area contributed by atoms with Crippen LogP contribution < -0.4 is 4.90 Å². The highest BCUT2D eigenvalue weighted by molar-refractivity contribution is 6.58. The number of alkyl halides is 3. The third kappa shape index (κ3) is 1.51. The van der Waals surface area contributed by atoms with Crippen LogP contribution in [0.4, 0.5) is 5.69 Å². The van der Waals surface area contributed by atoms with Gasteiger partial charge in [-0.1, -0.05) is 41.4 Å². The predicted octanol–water partition coefficient (Wildman–Crippen LogP) is 4.46. The summed E-state index contributed by atoms with van der Waals surface area (Å²) in [5, 5.41) is 0.0753. The molecular weight excluding hydrogens is 415 g/mol. The normalized spacial score (nSPS) is 43.8. The van der Waals surface area contributed by atoms with Crippen molar-refractivity contribution in [2.75, 3.05) is 4.90 Å². The maximum atomic E-state index is 13.1. The molecule has 2 bridgehead atoms. The Morgan fingerprint density at radius 3 is 1.71 bits per heavy atom. The number of allylic oxidation sites excluding steroid dienone is 2. The standard InChI is InChI=1S/C16H10Cl5NO2/c1-14(19)15(20)8-9(16(14,21)11(18)10(15)17)13(24)22(12(8)23)7-5-3-2-4-6-7/h2-6,8-9H,1H3/t8-,9+,14?,15+,16-.